The number of ketones is 1. The van der Waals surface area contributed by atoms with Crippen LogP contribution in [0.4, 0.5) is 21.9 Å². The molecular formula is C36H39N5O6. The third-order valence-electron chi connectivity index (χ3n) is 7.67. The lowest BCUT2D eigenvalue weighted by atomic mass is 9.94. The quantitative estimate of drug-likeness (QED) is 0.150. The first kappa shape index (κ1) is 33.1. The fourth-order valence-corrected chi connectivity index (χ4v) is 5.53. The highest BCUT2D eigenvalue weighted by Crippen LogP contribution is 2.32. The van der Waals surface area contributed by atoms with Gasteiger partial charge in [-0.05, 0) is 70.2 Å². The largest absolute Gasteiger partial charge is 0.460 e. The molecule has 47 heavy (non-hydrogen) atoms. The number of nitrogens with zero attached hydrogens (tertiary/aromatic N) is 3. The summed E-state index contributed by atoms with van der Waals surface area (Å²) >= 11 is 0. The zero-order chi connectivity index (χ0) is 33.6. The van der Waals surface area contributed by atoms with Gasteiger partial charge >= 0.3 is 12.1 Å². The normalized spacial score (nSPS) is 14.7. The van der Waals surface area contributed by atoms with Gasteiger partial charge in [0.25, 0.3) is 5.91 Å². The Morgan fingerprint density at radius 1 is 0.979 bits per heavy atom. The molecule has 1 atom stereocenters. The van der Waals surface area contributed by atoms with E-state index in [-0.39, 0.29) is 35.7 Å². The third kappa shape index (κ3) is 8.90. The molecule has 0 spiro atoms. The molecule has 5 rings (SSSR count). The summed E-state index contributed by atoms with van der Waals surface area (Å²) in [5.74, 6) is -0.871. The molecule has 3 heterocycles. The molecule has 244 valence electrons. The third-order valence-corrected chi connectivity index (χ3v) is 7.67. The molecule has 1 aliphatic heterocycles. The van der Waals surface area contributed by atoms with Crippen molar-refractivity contribution < 1.29 is 28.7 Å². The van der Waals surface area contributed by atoms with Crippen LogP contribution in [0, 0.1) is 5.92 Å². The van der Waals surface area contributed by atoms with Gasteiger partial charge in [0.15, 0.2) is 11.5 Å². The van der Waals surface area contributed by atoms with Crippen LogP contribution in [0.3, 0.4) is 0 Å². The molecule has 2 aromatic heterocycles. The van der Waals surface area contributed by atoms with Crippen LogP contribution in [0.25, 0.3) is 10.9 Å². The summed E-state index contributed by atoms with van der Waals surface area (Å²) in [7, 11) is 0. The summed E-state index contributed by atoms with van der Waals surface area (Å²) in [6.07, 6.45) is 4.51. The minimum atomic E-state index is -0.754. The predicted octanol–water partition coefficient (Wildman–Crippen LogP) is 6.78. The van der Waals surface area contributed by atoms with E-state index >= 15 is 0 Å². The summed E-state index contributed by atoms with van der Waals surface area (Å²) in [6, 6.07) is 17.7. The lowest BCUT2D eigenvalue weighted by Crippen LogP contribution is -2.37. The molecule has 2 amide bonds. The number of fused-ring (bicyclic) bond motifs is 1. The van der Waals surface area contributed by atoms with E-state index in [1.807, 2.05) is 57.2 Å². The van der Waals surface area contributed by atoms with E-state index in [0.29, 0.717) is 35.1 Å². The van der Waals surface area contributed by atoms with Gasteiger partial charge in [-0.1, -0.05) is 42.5 Å². The molecule has 11 heteroatoms. The Kier molecular flexibility index (Phi) is 10.1. The maximum atomic E-state index is 13.9. The first-order valence-electron chi connectivity index (χ1n) is 15.6. The monoisotopic (exact) mass is 637 g/mol. The molecule has 1 fully saturated rings. The van der Waals surface area contributed by atoms with Gasteiger partial charge in [0.1, 0.15) is 12.2 Å². The molecule has 0 aliphatic carbocycles. The van der Waals surface area contributed by atoms with Crippen molar-refractivity contribution in [3.05, 3.63) is 89.9 Å². The minimum Gasteiger partial charge on any atom is -0.460 e. The van der Waals surface area contributed by atoms with Crippen LogP contribution in [-0.4, -0.2) is 52.4 Å². The van der Waals surface area contributed by atoms with Gasteiger partial charge in [-0.3, -0.25) is 24.7 Å². The highest BCUT2D eigenvalue weighted by atomic mass is 16.6. The van der Waals surface area contributed by atoms with E-state index in [4.69, 9.17) is 9.47 Å². The number of esters is 1. The second-order valence-electron chi connectivity index (χ2n) is 12.6. The zero-order valence-electron chi connectivity index (χ0n) is 27.0. The van der Waals surface area contributed by atoms with Gasteiger partial charge in [0.05, 0.1) is 35.2 Å². The molecule has 11 nitrogen and oxygen atoms in total. The first-order chi connectivity index (χ1) is 22.4. The van der Waals surface area contributed by atoms with E-state index in [1.54, 1.807) is 36.7 Å². The van der Waals surface area contributed by atoms with Crippen LogP contribution >= 0.6 is 0 Å². The molecule has 2 N–H and O–H groups in total. The topological polar surface area (TPSA) is 140 Å². The molecule has 2 aromatic carbocycles. The number of benzene rings is 2. The van der Waals surface area contributed by atoms with Crippen molar-refractivity contribution in [2.45, 2.75) is 59.2 Å². The summed E-state index contributed by atoms with van der Waals surface area (Å²) in [6.45, 7) is 8.40. The number of hydrogen-bond acceptors (Lipinski definition) is 9. The van der Waals surface area contributed by atoms with Gasteiger partial charge in [-0.15, -0.1) is 0 Å². The van der Waals surface area contributed by atoms with E-state index in [1.165, 1.54) is 6.92 Å². The maximum Gasteiger partial charge on any atom is 0.412 e. The van der Waals surface area contributed by atoms with Crippen LogP contribution < -0.4 is 15.5 Å². The number of pyridine rings is 2. The number of aromatic nitrogens is 2. The summed E-state index contributed by atoms with van der Waals surface area (Å²) in [4.78, 5) is 62.3. The SMILES string of the molecule is CC(=O)c1ccc2cc(NC(=O)OCc3ccccc3)c(C(=O)Nc3cnccc3N3CCC[C@H](CC(=O)OC(C)(C)C)C3)nc2c1. The Bertz CT molecular complexity index is 1790. The van der Waals surface area contributed by atoms with Crippen LogP contribution in [-0.2, 0) is 20.9 Å². The smallest absolute Gasteiger partial charge is 0.412 e. The van der Waals surface area contributed by atoms with Crippen LogP contribution in [0.2, 0.25) is 0 Å². The molecule has 0 radical (unpaired) electrons. The maximum absolute atomic E-state index is 13.9. The number of piperidine rings is 1. The zero-order valence-corrected chi connectivity index (χ0v) is 27.0. The second-order valence-corrected chi connectivity index (χ2v) is 12.6. The molecule has 4 aromatic rings. The number of rotatable bonds is 9. The average molecular weight is 638 g/mol. The fourth-order valence-electron chi connectivity index (χ4n) is 5.53. The van der Waals surface area contributed by atoms with E-state index in [0.717, 1.165) is 30.6 Å². The molecule has 0 unspecified atom stereocenters. The number of carbonyl (C=O) groups excluding carboxylic acids is 4. The van der Waals surface area contributed by atoms with Gasteiger partial charge < -0.3 is 19.7 Å². The van der Waals surface area contributed by atoms with Crippen molar-refractivity contribution in [3.8, 4) is 0 Å². The Labute approximate surface area is 273 Å². The number of amides is 2. The number of hydrogen-bond donors (Lipinski definition) is 2. The van der Waals surface area contributed by atoms with Crippen LogP contribution in [0.5, 0.6) is 0 Å². The number of Topliss-reactive ketones (excluding diaryl/α,β-unsaturated/α-hetero) is 1. The standard InChI is InChI=1S/C36H39N5O6/c1-23(42)26-12-13-27-19-29(40-35(45)46-22-24-9-6-5-7-10-24)33(38-28(27)18-26)34(44)39-30-20-37-15-14-31(30)41-16-8-11-25(21-41)17-32(43)47-36(2,3)4/h5-7,9-10,12-15,18-20,25H,8,11,16-17,21-22H2,1-4H3,(H,39,44)(H,40,45)/t25-/m1/s1. The second kappa shape index (κ2) is 14.4. The fraction of sp³-hybridized carbons (Fsp3) is 0.333. The summed E-state index contributed by atoms with van der Waals surface area (Å²) in [5.41, 5.74) is 2.40. The summed E-state index contributed by atoms with van der Waals surface area (Å²) < 4.78 is 11.0. The number of anilines is 3. The molecule has 0 saturated carbocycles. The average Bonchev–Trinajstić information content (AvgIpc) is 3.03. The molecular weight excluding hydrogens is 598 g/mol. The van der Waals surface area contributed by atoms with E-state index in [9.17, 15) is 19.2 Å². The van der Waals surface area contributed by atoms with Crippen molar-refractivity contribution in [1.82, 2.24) is 9.97 Å². The van der Waals surface area contributed by atoms with Gasteiger partial charge in [-0.25, -0.2) is 9.78 Å². The Balaban J connectivity index is 1.39. The molecule has 1 saturated heterocycles. The van der Waals surface area contributed by atoms with Crippen molar-refractivity contribution in [2.75, 3.05) is 28.6 Å². The predicted molar refractivity (Wildman–Crippen MR) is 180 cm³/mol. The Hall–Kier alpha value is -5.32. The van der Waals surface area contributed by atoms with Gasteiger partial charge in [-0.2, -0.15) is 0 Å². The van der Waals surface area contributed by atoms with Crippen LogP contribution in [0.1, 0.15) is 73.4 Å². The van der Waals surface area contributed by atoms with Crippen LogP contribution in [0.15, 0.2) is 73.1 Å². The lowest BCUT2D eigenvalue weighted by Gasteiger charge is -2.35. The van der Waals surface area contributed by atoms with Crippen molar-refractivity contribution >= 4 is 51.7 Å². The van der Waals surface area contributed by atoms with E-state index < -0.39 is 17.6 Å². The Morgan fingerprint density at radius 3 is 2.51 bits per heavy atom. The van der Waals surface area contributed by atoms with Crippen molar-refractivity contribution in [1.29, 1.82) is 0 Å². The highest BCUT2D eigenvalue weighted by molar-refractivity contribution is 6.11. The van der Waals surface area contributed by atoms with Gasteiger partial charge in [0, 0.05) is 30.2 Å². The van der Waals surface area contributed by atoms with Crippen molar-refractivity contribution in [2.24, 2.45) is 5.92 Å². The number of ether oxygens (including phenoxy) is 2. The first-order valence-corrected chi connectivity index (χ1v) is 15.6. The Morgan fingerprint density at radius 2 is 1.77 bits per heavy atom. The summed E-state index contributed by atoms with van der Waals surface area (Å²) in [5, 5.41) is 6.22. The highest BCUT2D eigenvalue weighted by Gasteiger charge is 2.27. The number of carbonyl (C=O) groups is 4. The number of nitrogens with one attached hydrogen (secondary N) is 2. The minimum absolute atomic E-state index is 0.0426. The lowest BCUT2D eigenvalue weighted by molar-refractivity contribution is -0.156. The van der Waals surface area contributed by atoms with Crippen molar-refractivity contribution in [3.63, 3.8) is 0 Å². The van der Waals surface area contributed by atoms with Gasteiger partial charge in [0.2, 0.25) is 0 Å². The molecule has 1 aliphatic rings. The van der Waals surface area contributed by atoms with E-state index in [2.05, 4.69) is 25.5 Å². The molecule has 0 bridgehead atoms.